The zero-order valence-corrected chi connectivity index (χ0v) is 18.2. The fourth-order valence-corrected chi connectivity index (χ4v) is 5.31. The summed E-state index contributed by atoms with van der Waals surface area (Å²) < 4.78 is 42.3. The van der Waals surface area contributed by atoms with Crippen LogP contribution >= 0.6 is 15.9 Å². The number of carbonyl (C=O) groups excluding carboxylic acids is 1. The molecule has 3 aromatic rings. The van der Waals surface area contributed by atoms with E-state index >= 15 is 0 Å². The van der Waals surface area contributed by atoms with Gasteiger partial charge in [-0.15, -0.1) is 0 Å². The van der Waals surface area contributed by atoms with Crippen LogP contribution in [0, 0.1) is 5.82 Å². The summed E-state index contributed by atoms with van der Waals surface area (Å²) in [6, 6.07) is 17.4. The summed E-state index contributed by atoms with van der Waals surface area (Å²) in [6.07, 6.45) is 1.59. The zero-order valence-electron chi connectivity index (χ0n) is 15.8. The summed E-state index contributed by atoms with van der Waals surface area (Å²) >= 11 is 3.16. The predicted octanol–water partition coefficient (Wildman–Crippen LogP) is 4.98. The van der Waals surface area contributed by atoms with Gasteiger partial charge in [0, 0.05) is 16.6 Å². The summed E-state index contributed by atoms with van der Waals surface area (Å²) in [5.74, 6) is -1.09. The van der Waals surface area contributed by atoms with Crippen molar-refractivity contribution in [3.05, 3.63) is 88.1 Å². The summed E-state index contributed by atoms with van der Waals surface area (Å²) in [5.41, 5.74) is 1.97. The second-order valence-corrected chi connectivity index (χ2v) is 9.69. The van der Waals surface area contributed by atoms with Crippen LogP contribution in [0.3, 0.4) is 0 Å². The third kappa shape index (κ3) is 3.97. The first-order valence-electron chi connectivity index (χ1n) is 9.33. The molecule has 5 nitrogen and oxygen atoms in total. The van der Waals surface area contributed by atoms with E-state index in [1.54, 1.807) is 12.1 Å². The Morgan fingerprint density at radius 1 is 1.03 bits per heavy atom. The molecule has 3 aromatic carbocycles. The average Bonchev–Trinajstić information content (AvgIpc) is 2.75. The van der Waals surface area contributed by atoms with Crippen molar-refractivity contribution in [2.24, 2.45) is 0 Å². The number of nitrogens with zero attached hydrogens (tertiary/aromatic N) is 1. The van der Waals surface area contributed by atoms with Crippen molar-refractivity contribution in [2.45, 2.75) is 17.7 Å². The minimum Gasteiger partial charge on any atom is -0.319 e. The Balaban J connectivity index is 1.57. The maximum absolute atomic E-state index is 13.9. The number of amides is 1. The van der Waals surface area contributed by atoms with Crippen LogP contribution in [0.25, 0.3) is 0 Å². The van der Waals surface area contributed by atoms with Crippen LogP contribution in [0.2, 0.25) is 0 Å². The van der Waals surface area contributed by atoms with Crippen molar-refractivity contribution in [3.63, 3.8) is 0 Å². The molecular formula is C22H18BrFN2O3S. The fourth-order valence-electron chi connectivity index (χ4n) is 3.44. The third-order valence-corrected chi connectivity index (χ3v) is 7.27. The number of hydrogen-bond acceptors (Lipinski definition) is 3. The Morgan fingerprint density at radius 3 is 2.50 bits per heavy atom. The molecule has 1 N–H and O–H groups in total. The lowest BCUT2D eigenvalue weighted by atomic mass is 10.0. The van der Waals surface area contributed by atoms with Crippen molar-refractivity contribution in [3.8, 4) is 0 Å². The Kier molecular flexibility index (Phi) is 5.62. The molecule has 0 spiro atoms. The van der Waals surface area contributed by atoms with Gasteiger partial charge in [0.2, 0.25) is 0 Å². The van der Waals surface area contributed by atoms with Gasteiger partial charge in [-0.05, 0) is 66.9 Å². The van der Waals surface area contributed by atoms with Gasteiger partial charge in [0.1, 0.15) is 5.82 Å². The lowest BCUT2D eigenvalue weighted by Crippen LogP contribution is -2.35. The number of hydrogen-bond donors (Lipinski definition) is 1. The van der Waals surface area contributed by atoms with Gasteiger partial charge >= 0.3 is 0 Å². The molecule has 0 aromatic heterocycles. The Bertz CT molecular complexity index is 1210. The first-order valence-corrected chi connectivity index (χ1v) is 11.6. The molecule has 0 saturated heterocycles. The quantitative estimate of drug-likeness (QED) is 0.562. The maximum Gasteiger partial charge on any atom is 0.264 e. The summed E-state index contributed by atoms with van der Waals surface area (Å²) in [6.45, 7) is 0.407. The molecule has 1 amide bonds. The maximum atomic E-state index is 13.9. The molecular weight excluding hydrogens is 471 g/mol. The van der Waals surface area contributed by atoms with E-state index in [0.717, 1.165) is 18.4 Å². The van der Waals surface area contributed by atoms with Crippen LogP contribution in [0.15, 0.2) is 76.1 Å². The van der Waals surface area contributed by atoms with E-state index in [0.29, 0.717) is 16.7 Å². The standard InChI is InChI=1S/C22H18BrFN2O3S/c23-17-9-12-20(19(24)14-17)25-22(27)16-7-10-18(11-8-16)30(28,29)26-13-3-5-15-4-1-2-6-21(15)26/h1-2,4,6-12,14H,3,5,13H2,(H,25,27). The fraction of sp³-hybridized carbons (Fsp3) is 0.136. The van der Waals surface area contributed by atoms with Gasteiger partial charge in [-0.1, -0.05) is 34.1 Å². The highest BCUT2D eigenvalue weighted by Gasteiger charge is 2.29. The van der Waals surface area contributed by atoms with Crippen LogP contribution < -0.4 is 9.62 Å². The number of aryl methyl sites for hydroxylation is 1. The molecule has 0 atom stereocenters. The SMILES string of the molecule is O=C(Nc1ccc(Br)cc1F)c1ccc(S(=O)(=O)N2CCCc3ccccc32)cc1. The molecule has 0 fully saturated rings. The topological polar surface area (TPSA) is 66.5 Å². The molecule has 4 rings (SSSR count). The molecule has 0 aliphatic carbocycles. The van der Waals surface area contributed by atoms with Crippen LogP contribution in [0.5, 0.6) is 0 Å². The Labute approximate surface area is 182 Å². The molecule has 1 aliphatic rings. The van der Waals surface area contributed by atoms with Crippen molar-refractivity contribution in [1.29, 1.82) is 0 Å². The summed E-state index contributed by atoms with van der Waals surface area (Å²) in [7, 11) is -3.75. The second kappa shape index (κ2) is 8.20. The monoisotopic (exact) mass is 488 g/mol. The number of carbonyl (C=O) groups is 1. The van der Waals surface area contributed by atoms with Crippen LogP contribution in [0.1, 0.15) is 22.3 Å². The number of rotatable bonds is 4. The van der Waals surface area contributed by atoms with Crippen LogP contribution in [0.4, 0.5) is 15.8 Å². The van der Waals surface area contributed by atoms with E-state index in [-0.39, 0.29) is 16.1 Å². The number of fused-ring (bicyclic) bond motifs is 1. The van der Waals surface area contributed by atoms with E-state index in [9.17, 15) is 17.6 Å². The van der Waals surface area contributed by atoms with E-state index in [1.165, 1.54) is 40.7 Å². The van der Waals surface area contributed by atoms with E-state index in [4.69, 9.17) is 0 Å². The first kappa shape index (κ1) is 20.6. The van der Waals surface area contributed by atoms with Crippen molar-refractivity contribution in [1.82, 2.24) is 0 Å². The molecule has 0 unspecified atom stereocenters. The van der Waals surface area contributed by atoms with Gasteiger partial charge in [0.25, 0.3) is 15.9 Å². The molecule has 0 radical (unpaired) electrons. The van der Waals surface area contributed by atoms with Gasteiger partial charge in [-0.25, -0.2) is 12.8 Å². The Hall–Kier alpha value is -2.71. The second-order valence-electron chi connectivity index (χ2n) is 6.91. The summed E-state index contributed by atoms with van der Waals surface area (Å²) in [5, 5.41) is 2.49. The van der Waals surface area contributed by atoms with Crippen LogP contribution in [-0.4, -0.2) is 20.9 Å². The highest BCUT2D eigenvalue weighted by Crippen LogP contribution is 2.31. The van der Waals surface area contributed by atoms with Gasteiger partial charge in [0.05, 0.1) is 16.3 Å². The highest BCUT2D eigenvalue weighted by molar-refractivity contribution is 9.10. The highest BCUT2D eigenvalue weighted by atomic mass is 79.9. The van der Waals surface area contributed by atoms with Crippen molar-refractivity contribution < 1.29 is 17.6 Å². The minimum atomic E-state index is -3.75. The lowest BCUT2D eigenvalue weighted by molar-refractivity contribution is 0.102. The number of nitrogens with one attached hydrogen (secondary N) is 1. The number of sulfonamides is 1. The van der Waals surface area contributed by atoms with Gasteiger partial charge in [-0.2, -0.15) is 0 Å². The molecule has 154 valence electrons. The minimum absolute atomic E-state index is 0.0461. The normalized spacial score (nSPS) is 13.6. The average molecular weight is 489 g/mol. The van der Waals surface area contributed by atoms with E-state index in [1.807, 2.05) is 18.2 Å². The van der Waals surface area contributed by atoms with Gasteiger partial charge in [0.15, 0.2) is 0 Å². The van der Waals surface area contributed by atoms with Crippen molar-refractivity contribution in [2.75, 3.05) is 16.2 Å². The van der Waals surface area contributed by atoms with Gasteiger partial charge < -0.3 is 5.32 Å². The summed E-state index contributed by atoms with van der Waals surface area (Å²) in [4.78, 5) is 12.5. The molecule has 8 heteroatoms. The van der Waals surface area contributed by atoms with Crippen LogP contribution in [-0.2, 0) is 16.4 Å². The van der Waals surface area contributed by atoms with E-state index < -0.39 is 21.7 Å². The van der Waals surface area contributed by atoms with Crippen molar-refractivity contribution >= 4 is 43.2 Å². The zero-order chi connectivity index (χ0) is 21.3. The lowest BCUT2D eigenvalue weighted by Gasteiger charge is -2.30. The van der Waals surface area contributed by atoms with E-state index in [2.05, 4.69) is 21.2 Å². The number of para-hydroxylation sites is 1. The first-order chi connectivity index (χ1) is 14.4. The largest absolute Gasteiger partial charge is 0.319 e. The smallest absolute Gasteiger partial charge is 0.264 e. The predicted molar refractivity (Wildman–Crippen MR) is 118 cm³/mol. The molecule has 1 aliphatic heterocycles. The molecule has 0 bridgehead atoms. The molecule has 1 heterocycles. The number of benzene rings is 3. The molecule has 0 saturated carbocycles. The number of anilines is 2. The third-order valence-electron chi connectivity index (χ3n) is 4.95. The number of halogens is 2. The van der Waals surface area contributed by atoms with Gasteiger partial charge in [-0.3, -0.25) is 9.10 Å². The molecule has 30 heavy (non-hydrogen) atoms. The Morgan fingerprint density at radius 2 is 1.77 bits per heavy atom.